The maximum Gasteiger partial charge on any atom is 0.134 e. The molecule has 3 aromatic carbocycles. The van der Waals surface area contributed by atoms with Crippen LogP contribution >= 0.6 is 0 Å². The molecule has 1 aliphatic heterocycles. The molecular weight excluding hydrogens is 256 g/mol. The maximum atomic E-state index is 6.04. The van der Waals surface area contributed by atoms with Gasteiger partial charge in [-0.3, -0.25) is 0 Å². The third-order valence-corrected chi connectivity index (χ3v) is 4.49. The molecule has 0 aromatic heterocycles. The summed E-state index contributed by atoms with van der Waals surface area (Å²) in [5.41, 5.74) is 1.25. The van der Waals surface area contributed by atoms with Gasteiger partial charge in [-0.2, -0.15) is 0 Å². The summed E-state index contributed by atoms with van der Waals surface area (Å²) in [5.74, 6) is 1.06. The van der Waals surface area contributed by atoms with Gasteiger partial charge in [-0.05, 0) is 27.3 Å². The van der Waals surface area contributed by atoms with Crippen LogP contribution in [0.5, 0.6) is 5.75 Å². The lowest BCUT2D eigenvalue weighted by Gasteiger charge is -2.16. The summed E-state index contributed by atoms with van der Waals surface area (Å²) in [6.45, 7) is 0.780. The quantitative estimate of drug-likeness (QED) is 0.477. The number of ether oxygens (including phenoxy) is 1. The topological polar surface area (TPSA) is 9.23 Å². The van der Waals surface area contributed by atoms with Gasteiger partial charge in [0.1, 0.15) is 5.75 Å². The molecule has 0 saturated heterocycles. The van der Waals surface area contributed by atoms with Gasteiger partial charge in [0.05, 0.1) is 6.61 Å². The predicted octanol–water partition coefficient (Wildman–Crippen LogP) is 2.83. The van der Waals surface area contributed by atoms with E-state index in [1.165, 1.54) is 37.2 Å². The van der Waals surface area contributed by atoms with E-state index >= 15 is 0 Å². The van der Waals surface area contributed by atoms with Crippen LogP contribution in [0.4, 0.5) is 0 Å². The second kappa shape index (κ2) is 3.98. The van der Waals surface area contributed by atoms with E-state index in [9.17, 15) is 0 Å². The molecule has 0 radical (unpaired) electrons. The van der Waals surface area contributed by atoms with Gasteiger partial charge in [-0.25, -0.2) is 0 Å². The molecule has 1 heterocycles. The van der Waals surface area contributed by atoms with Crippen LogP contribution in [-0.4, -0.2) is 6.61 Å². The second-order valence-electron chi connectivity index (χ2n) is 5.65. The first-order valence-electron chi connectivity index (χ1n) is 7.42. The van der Waals surface area contributed by atoms with E-state index in [4.69, 9.17) is 4.74 Å². The monoisotopic (exact) mass is 270 g/mol. The van der Waals surface area contributed by atoms with Crippen molar-refractivity contribution in [1.82, 2.24) is 0 Å². The molecule has 0 bridgehead atoms. The molecule has 0 N–H and O–H groups in total. The van der Waals surface area contributed by atoms with Gasteiger partial charge in [0.15, 0.2) is 0 Å². The van der Waals surface area contributed by atoms with Crippen molar-refractivity contribution >= 4 is 22.9 Å². The van der Waals surface area contributed by atoms with Crippen molar-refractivity contribution in [1.29, 1.82) is 0 Å². The van der Waals surface area contributed by atoms with Crippen LogP contribution in [-0.2, 0) is 0 Å². The third kappa shape index (κ3) is 1.41. The maximum absolute atomic E-state index is 6.04. The largest absolute Gasteiger partial charge is 0.492 e. The normalized spacial score (nSPS) is 14.5. The average Bonchev–Trinajstić information content (AvgIpc) is 2.95. The Morgan fingerprint density at radius 1 is 0.857 bits per heavy atom. The lowest BCUT2D eigenvalue weighted by atomic mass is 9.99. The van der Waals surface area contributed by atoms with Gasteiger partial charge < -0.3 is 4.74 Å². The van der Waals surface area contributed by atoms with Crippen LogP contribution in [0.15, 0.2) is 48.5 Å². The molecule has 0 saturated carbocycles. The first-order valence-corrected chi connectivity index (χ1v) is 7.42. The van der Waals surface area contributed by atoms with Gasteiger partial charge >= 0.3 is 0 Å². The fraction of sp³-hybridized carbons (Fsp3) is 0.100. The van der Waals surface area contributed by atoms with Crippen LogP contribution in [0.2, 0.25) is 0 Å². The van der Waals surface area contributed by atoms with Gasteiger partial charge in [0, 0.05) is 22.4 Å². The SMILES string of the molecule is C1=c2ccccc2=c2c1c1c(c3ccccc23)=CCCO1. The Kier molecular flexibility index (Phi) is 2.12. The molecule has 1 aliphatic carbocycles. The Hall–Kier alpha value is -2.54. The van der Waals surface area contributed by atoms with E-state index in [2.05, 4.69) is 60.7 Å². The highest BCUT2D eigenvalue weighted by atomic mass is 16.5. The summed E-state index contributed by atoms with van der Waals surface area (Å²) in [6.07, 6.45) is 5.58. The van der Waals surface area contributed by atoms with Crippen molar-refractivity contribution < 1.29 is 4.74 Å². The minimum absolute atomic E-state index is 0.780. The van der Waals surface area contributed by atoms with E-state index in [0.29, 0.717) is 0 Å². The van der Waals surface area contributed by atoms with Crippen LogP contribution in [0.3, 0.4) is 0 Å². The molecule has 1 nitrogen and oxygen atoms in total. The molecule has 0 fully saturated rings. The lowest BCUT2D eigenvalue weighted by Crippen LogP contribution is -2.17. The fourth-order valence-electron chi connectivity index (χ4n) is 3.62. The Morgan fingerprint density at radius 3 is 2.62 bits per heavy atom. The van der Waals surface area contributed by atoms with Crippen molar-refractivity contribution in [2.75, 3.05) is 6.61 Å². The molecular formula is C20H14O. The van der Waals surface area contributed by atoms with Crippen LogP contribution in [0.1, 0.15) is 12.0 Å². The fourth-order valence-corrected chi connectivity index (χ4v) is 3.62. The van der Waals surface area contributed by atoms with Crippen LogP contribution < -0.4 is 15.2 Å². The Balaban J connectivity index is 2.20. The number of fused-ring (bicyclic) bond motifs is 7. The van der Waals surface area contributed by atoms with E-state index in [-0.39, 0.29) is 0 Å². The Bertz CT molecular complexity index is 1110. The third-order valence-electron chi connectivity index (χ3n) is 4.49. The van der Waals surface area contributed by atoms with Gasteiger partial charge in [0.2, 0.25) is 0 Å². The first-order chi connectivity index (χ1) is 10.4. The number of benzene rings is 3. The minimum Gasteiger partial charge on any atom is -0.492 e. The number of hydrogen-bond donors (Lipinski definition) is 0. The highest BCUT2D eigenvalue weighted by Crippen LogP contribution is 2.28. The Morgan fingerprint density at radius 2 is 1.67 bits per heavy atom. The molecule has 5 rings (SSSR count). The summed E-state index contributed by atoms with van der Waals surface area (Å²) in [5, 5.41) is 7.83. The summed E-state index contributed by atoms with van der Waals surface area (Å²) >= 11 is 0. The summed E-state index contributed by atoms with van der Waals surface area (Å²) < 4.78 is 6.04. The number of hydrogen-bond acceptors (Lipinski definition) is 1. The lowest BCUT2D eigenvalue weighted by molar-refractivity contribution is 0.318. The van der Waals surface area contributed by atoms with E-state index < -0.39 is 0 Å². The van der Waals surface area contributed by atoms with Crippen molar-refractivity contribution in [3.05, 3.63) is 75.0 Å². The summed E-state index contributed by atoms with van der Waals surface area (Å²) in [4.78, 5) is 0. The molecule has 0 unspecified atom stereocenters. The molecule has 1 heteroatoms. The van der Waals surface area contributed by atoms with Crippen molar-refractivity contribution in [3.8, 4) is 5.75 Å². The molecule has 100 valence electrons. The van der Waals surface area contributed by atoms with Crippen LogP contribution in [0, 0.1) is 10.4 Å². The second-order valence-corrected chi connectivity index (χ2v) is 5.65. The zero-order chi connectivity index (χ0) is 13.8. The number of rotatable bonds is 0. The van der Waals surface area contributed by atoms with Crippen molar-refractivity contribution in [2.45, 2.75) is 6.42 Å². The van der Waals surface area contributed by atoms with E-state index in [1.807, 2.05) is 0 Å². The van der Waals surface area contributed by atoms with E-state index in [0.717, 1.165) is 18.8 Å². The molecule has 21 heavy (non-hydrogen) atoms. The molecule has 2 aliphatic rings. The standard InChI is InChI=1S/C20H14O/c1-2-7-14-13(6-1)12-18-19(14)16-9-4-3-8-15(16)17-10-5-11-21-20(17)18/h1-4,6-10,12H,5,11H2. The van der Waals surface area contributed by atoms with Crippen molar-refractivity contribution in [3.63, 3.8) is 0 Å². The van der Waals surface area contributed by atoms with Crippen LogP contribution in [0.25, 0.3) is 22.9 Å². The highest BCUT2D eigenvalue weighted by molar-refractivity contribution is 5.90. The molecule has 3 aromatic rings. The van der Waals surface area contributed by atoms with Crippen molar-refractivity contribution in [2.24, 2.45) is 0 Å². The zero-order valence-electron chi connectivity index (χ0n) is 11.6. The highest BCUT2D eigenvalue weighted by Gasteiger charge is 2.16. The summed E-state index contributed by atoms with van der Waals surface area (Å²) in [6, 6.07) is 17.3. The smallest absolute Gasteiger partial charge is 0.134 e. The molecule has 0 amide bonds. The summed E-state index contributed by atoms with van der Waals surface area (Å²) in [7, 11) is 0. The molecule has 0 spiro atoms. The first kappa shape index (κ1) is 11.2. The van der Waals surface area contributed by atoms with E-state index in [1.54, 1.807) is 0 Å². The predicted molar refractivity (Wildman–Crippen MR) is 85.5 cm³/mol. The molecule has 0 atom stereocenters. The Labute approximate surface area is 122 Å². The van der Waals surface area contributed by atoms with Gasteiger partial charge in [-0.15, -0.1) is 0 Å². The van der Waals surface area contributed by atoms with Gasteiger partial charge in [-0.1, -0.05) is 54.6 Å². The van der Waals surface area contributed by atoms with Gasteiger partial charge in [0.25, 0.3) is 0 Å². The minimum atomic E-state index is 0.780. The average molecular weight is 270 g/mol. The zero-order valence-corrected chi connectivity index (χ0v) is 11.6.